The Kier molecular flexibility index (Phi) is 7.00. The van der Waals surface area contributed by atoms with Crippen molar-refractivity contribution >= 4 is 27.7 Å². The lowest BCUT2D eigenvalue weighted by atomic mass is 10.0. The first kappa shape index (κ1) is 23.6. The Morgan fingerprint density at radius 2 is 2.00 bits per heavy atom. The zero-order valence-corrected chi connectivity index (χ0v) is 20.8. The van der Waals surface area contributed by atoms with Crippen molar-refractivity contribution in [3.05, 3.63) is 47.8 Å². The van der Waals surface area contributed by atoms with Gasteiger partial charge in [-0.25, -0.2) is 4.98 Å². The first-order valence-corrected chi connectivity index (χ1v) is 12.5. The third-order valence-corrected chi connectivity index (χ3v) is 6.87. The predicted molar refractivity (Wildman–Crippen MR) is 136 cm³/mol. The highest BCUT2D eigenvalue weighted by molar-refractivity contribution is 8.15. The summed E-state index contributed by atoms with van der Waals surface area (Å²) >= 11 is 1.72. The van der Waals surface area contributed by atoms with E-state index in [0.717, 1.165) is 45.8 Å². The molecule has 0 saturated carbocycles. The molecule has 2 N–H and O–H groups in total. The fraction of sp³-hybridized carbons (Fsp3) is 0.462. The number of aliphatic imine (C=N–C) groups is 1. The molecule has 7 heteroatoms. The van der Waals surface area contributed by atoms with Crippen molar-refractivity contribution in [1.29, 1.82) is 0 Å². The average Bonchev–Trinajstić information content (AvgIpc) is 3.39. The van der Waals surface area contributed by atoms with Gasteiger partial charge in [0, 0.05) is 29.0 Å². The van der Waals surface area contributed by atoms with Crippen molar-refractivity contribution in [2.24, 2.45) is 4.99 Å². The van der Waals surface area contributed by atoms with E-state index in [-0.39, 0.29) is 11.4 Å². The third kappa shape index (κ3) is 5.89. The van der Waals surface area contributed by atoms with Crippen LogP contribution in [0.2, 0.25) is 0 Å². The number of nitrogens with zero attached hydrogens (tertiary/aromatic N) is 2. The van der Waals surface area contributed by atoms with Crippen LogP contribution in [0.4, 0.5) is 0 Å². The molecule has 0 saturated heterocycles. The van der Waals surface area contributed by atoms with Gasteiger partial charge in [0.15, 0.2) is 0 Å². The van der Waals surface area contributed by atoms with Crippen molar-refractivity contribution in [3.8, 4) is 17.4 Å². The maximum Gasteiger partial charge on any atom is 0.219 e. The number of fused-ring (bicyclic) bond motifs is 1. The van der Waals surface area contributed by atoms with Gasteiger partial charge in [-0.05, 0) is 57.7 Å². The number of hydrogen-bond acceptors (Lipinski definition) is 6. The van der Waals surface area contributed by atoms with Crippen molar-refractivity contribution in [1.82, 2.24) is 9.97 Å². The monoisotopic (exact) mass is 467 g/mol. The topological polar surface area (TPSA) is 79.7 Å². The summed E-state index contributed by atoms with van der Waals surface area (Å²) in [5.41, 5.74) is 2.29. The van der Waals surface area contributed by atoms with Gasteiger partial charge in [-0.2, -0.15) is 0 Å². The van der Waals surface area contributed by atoms with E-state index in [4.69, 9.17) is 14.5 Å². The van der Waals surface area contributed by atoms with Gasteiger partial charge >= 0.3 is 0 Å². The molecule has 2 aromatic heterocycles. The molecule has 0 fully saturated rings. The van der Waals surface area contributed by atoms with Crippen LogP contribution in [0.25, 0.3) is 10.9 Å². The number of hydrogen-bond donors (Lipinski definition) is 2. The van der Waals surface area contributed by atoms with Crippen LogP contribution in [0.1, 0.15) is 58.2 Å². The minimum atomic E-state index is -0.699. The smallest absolute Gasteiger partial charge is 0.219 e. The van der Waals surface area contributed by atoms with Crippen molar-refractivity contribution in [2.45, 2.75) is 70.8 Å². The van der Waals surface area contributed by atoms with Gasteiger partial charge in [0.05, 0.1) is 29.5 Å². The minimum Gasteiger partial charge on any atom is -0.488 e. The minimum absolute atomic E-state index is 0.127. The van der Waals surface area contributed by atoms with Gasteiger partial charge in [0.1, 0.15) is 16.5 Å². The molecule has 0 bridgehead atoms. The average molecular weight is 468 g/mol. The molecule has 0 aliphatic carbocycles. The van der Waals surface area contributed by atoms with E-state index in [0.29, 0.717) is 24.6 Å². The van der Waals surface area contributed by atoms with E-state index in [1.807, 2.05) is 45.0 Å². The highest BCUT2D eigenvalue weighted by Crippen LogP contribution is 2.37. The van der Waals surface area contributed by atoms with Crippen molar-refractivity contribution < 1.29 is 14.6 Å². The molecule has 1 unspecified atom stereocenters. The highest BCUT2D eigenvalue weighted by atomic mass is 32.2. The first-order chi connectivity index (χ1) is 15.7. The van der Waals surface area contributed by atoms with Gasteiger partial charge in [0.2, 0.25) is 5.88 Å². The third-order valence-electron chi connectivity index (χ3n) is 5.65. The molecule has 1 aromatic carbocycles. The molecule has 0 amide bonds. The summed E-state index contributed by atoms with van der Waals surface area (Å²) in [6.45, 7) is 10.7. The summed E-state index contributed by atoms with van der Waals surface area (Å²) in [6, 6.07) is 9.89. The molecular weight excluding hydrogens is 434 g/mol. The standard InChI is InChI=1S/C26H33N3O3S/c1-6-18(7-2)31-22-12-19(32-23-9-8-16(3)14-27-23)10-17-11-21(29-24(17)22)25-28-15-20(33-25)13-26(4,5)30/h8-12,14,18,20,29-30H,6-7,13,15H2,1-5H3. The lowest BCUT2D eigenvalue weighted by Crippen LogP contribution is -2.25. The van der Waals surface area contributed by atoms with E-state index in [2.05, 4.69) is 29.9 Å². The highest BCUT2D eigenvalue weighted by Gasteiger charge is 2.28. The largest absolute Gasteiger partial charge is 0.488 e. The molecule has 33 heavy (non-hydrogen) atoms. The van der Waals surface area contributed by atoms with Gasteiger partial charge in [-0.1, -0.05) is 31.7 Å². The quantitative estimate of drug-likeness (QED) is 0.389. The number of nitrogens with one attached hydrogen (secondary N) is 1. The summed E-state index contributed by atoms with van der Waals surface area (Å²) in [5.74, 6) is 2.01. The van der Waals surface area contributed by atoms with E-state index in [9.17, 15) is 5.11 Å². The van der Waals surface area contributed by atoms with Crippen LogP contribution in [0.15, 0.2) is 41.5 Å². The molecule has 0 radical (unpaired) electrons. The van der Waals surface area contributed by atoms with Gasteiger partial charge in [-0.3, -0.25) is 4.99 Å². The zero-order chi connectivity index (χ0) is 23.6. The second kappa shape index (κ2) is 9.77. The Morgan fingerprint density at radius 1 is 1.21 bits per heavy atom. The Hall–Kier alpha value is -2.51. The molecule has 176 valence electrons. The number of thioether (sulfide) groups is 1. The second-order valence-corrected chi connectivity index (χ2v) is 10.6. The number of aryl methyl sites for hydroxylation is 1. The normalized spacial score (nSPS) is 16.5. The number of aromatic nitrogens is 2. The molecule has 1 aliphatic rings. The predicted octanol–water partition coefficient (Wildman–Crippen LogP) is 6.25. The SMILES string of the molecule is CCC(CC)Oc1cc(Oc2ccc(C)cn2)cc2cc(C3=NCC(CC(C)(C)O)S3)[nH]c12. The number of benzene rings is 1. The number of H-pyrrole nitrogens is 1. The fourth-order valence-electron chi connectivity index (χ4n) is 3.95. The Morgan fingerprint density at radius 3 is 2.67 bits per heavy atom. The molecule has 3 aromatic rings. The van der Waals surface area contributed by atoms with Crippen LogP contribution in [0.3, 0.4) is 0 Å². The maximum absolute atomic E-state index is 10.2. The van der Waals surface area contributed by atoms with Gasteiger partial charge in [0.25, 0.3) is 0 Å². The number of pyridine rings is 1. The summed E-state index contributed by atoms with van der Waals surface area (Å²) in [7, 11) is 0. The summed E-state index contributed by atoms with van der Waals surface area (Å²) in [6.07, 6.45) is 4.48. The number of rotatable bonds is 9. The van der Waals surface area contributed by atoms with E-state index in [1.165, 1.54) is 0 Å². The number of ether oxygens (including phenoxy) is 2. The first-order valence-electron chi connectivity index (χ1n) is 11.6. The Labute approximate surface area is 199 Å². The summed E-state index contributed by atoms with van der Waals surface area (Å²) in [5, 5.41) is 12.4. The van der Waals surface area contributed by atoms with Gasteiger partial charge < -0.3 is 19.6 Å². The lowest BCUT2D eigenvalue weighted by molar-refractivity contribution is 0.0714. The lowest BCUT2D eigenvalue weighted by Gasteiger charge is -2.20. The Balaban J connectivity index is 1.65. The molecule has 3 heterocycles. The van der Waals surface area contributed by atoms with Crippen LogP contribution < -0.4 is 9.47 Å². The zero-order valence-electron chi connectivity index (χ0n) is 20.0. The Bertz CT molecular complexity index is 1130. The maximum atomic E-state index is 10.2. The van der Waals surface area contributed by atoms with Crippen molar-refractivity contribution in [3.63, 3.8) is 0 Å². The summed E-state index contributed by atoms with van der Waals surface area (Å²) < 4.78 is 12.4. The number of aliphatic hydroxyl groups is 1. The molecular formula is C26H33N3O3S. The number of aromatic amines is 1. The van der Waals surface area contributed by atoms with Crippen LogP contribution in [0, 0.1) is 6.92 Å². The van der Waals surface area contributed by atoms with Crippen LogP contribution in [-0.2, 0) is 0 Å². The van der Waals surface area contributed by atoms with Crippen LogP contribution in [0.5, 0.6) is 17.4 Å². The molecule has 1 aliphatic heterocycles. The van der Waals surface area contributed by atoms with Crippen LogP contribution in [-0.4, -0.2) is 43.6 Å². The summed E-state index contributed by atoms with van der Waals surface area (Å²) in [4.78, 5) is 12.6. The molecule has 1 atom stereocenters. The second-order valence-electron chi connectivity index (χ2n) is 9.30. The fourth-order valence-corrected chi connectivity index (χ4v) is 5.29. The molecule has 6 nitrogen and oxygen atoms in total. The molecule has 4 rings (SSSR count). The van der Waals surface area contributed by atoms with E-state index < -0.39 is 5.60 Å². The van der Waals surface area contributed by atoms with Crippen LogP contribution >= 0.6 is 11.8 Å². The van der Waals surface area contributed by atoms with E-state index >= 15 is 0 Å². The van der Waals surface area contributed by atoms with Gasteiger partial charge in [-0.15, -0.1) is 0 Å². The van der Waals surface area contributed by atoms with Crippen molar-refractivity contribution in [2.75, 3.05) is 6.54 Å². The van der Waals surface area contributed by atoms with E-state index in [1.54, 1.807) is 18.0 Å². The molecule has 0 spiro atoms.